The number of hydrogen-bond acceptors (Lipinski definition) is 3. The first-order valence-corrected chi connectivity index (χ1v) is 12.5. The van der Waals surface area contributed by atoms with E-state index in [1.54, 1.807) is 0 Å². The summed E-state index contributed by atoms with van der Waals surface area (Å²) in [6.07, 6.45) is 15.1. The van der Waals surface area contributed by atoms with Crippen molar-refractivity contribution in [2.45, 2.75) is 95.9 Å². The molecule has 8 bridgehead atoms. The van der Waals surface area contributed by atoms with E-state index >= 15 is 0 Å². The zero-order chi connectivity index (χ0) is 20.5. The summed E-state index contributed by atoms with van der Waals surface area (Å²) >= 11 is 0. The molecule has 8 fully saturated rings. The Bertz CT molecular complexity index is 715. The van der Waals surface area contributed by atoms with Crippen LogP contribution in [0.15, 0.2) is 5.10 Å². The van der Waals surface area contributed by atoms with Crippen LogP contribution in [0.1, 0.15) is 90.4 Å². The first-order chi connectivity index (χ1) is 14.4. The van der Waals surface area contributed by atoms with E-state index in [1.165, 1.54) is 57.8 Å². The largest absolute Gasteiger partial charge is 0.350 e. The molecule has 8 saturated carbocycles. The highest BCUT2D eigenvalue weighted by molar-refractivity contribution is 6.00. The minimum absolute atomic E-state index is 0.0502. The van der Waals surface area contributed by atoms with E-state index in [2.05, 4.69) is 15.8 Å². The Morgan fingerprint density at radius 3 is 1.67 bits per heavy atom. The highest BCUT2D eigenvalue weighted by atomic mass is 16.2. The molecule has 0 spiro atoms. The third kappa shape index (κ3) is 3.31. The van der Waals surface area contributed by atoms with Gasteiger partial charge in [0, 0.05) is 11.3 Å². The van der Waals surface area contributed by atoms with Crippen LogP contribution in [0.25, 0.3) is 0 Å². The summed E-state index contributed by atoms with van der Waals surface area (Å²) in [5.74, 6) is 4.92. The molecule has 2 amide bonds. The molecule has 0 aromatic carbocycles. The standard InChI is InChI=1S/C25H37N3O2/c1-15(2-22(29)26-25-12-19-6-20(13-25)8-21(7-19)14-25)27-28-23(30)24-9-16-3-17(10-24)5-18(4-16)11-24/h16-21H,2-14H2,1H3,(H,26,29)(H,28,30)/b27-15-. The summed E-state index contributed by atoms with van der Waals surface area (Å²) in [6, 6.07) is 0. The number of rotatable bonds is 5. The van der Waals surface area contributed by atoms with Gasteiger partial charge in [0.05, 0.1) is 11.8 Å². The maximum absolute atomic E-state index is 13.1. The summed E-state index contributed by atoms with van der Waals surface area (Å²) in [5.41, 5.74) is 3.46. The van der Waals surface area contributed by atoms with Crippen molar-refractivity contribution in [1.82, 2.24) is 10.7 Å². The van der Waals surface area contributed by atoms with Gasteiger partial charge in [0.25, 0.3) is 0 Å². The summed E-state index contributed by atoms with van der Waals surface area (Å²) < 4.78 is 0. The lowest BCUT2D eigenvalue weighted by atomic mass is 9.49. The van der Waals surface area contributed by atoms with E-state index in [-0.39, 0.29) is 22.8 Å². The zero-order valence-corrected chi connectivity index (χ0v) is 18.4. The van der Waals surface area contributed by atoms with Gasteiger partial charge in [-0.25, -0.2) is 5.43 Å². The second-order valence-corrected chi connectivity index (χ2v) is 12.4. The number of carbonyl (C=O) groups is 2. The van der Waals surface area contributed by atoms with E-state index in [0.29, 0.717) is 6.42 Å². The molecule has 0 aromatic heterocycles. The van der Waals surface area contributed by atoms with Gasteiger partial charge in [0.1, 0.15) is 0 Å². The summed E-state index contributed by atoms with van der Waals surface area (Å²) in [4.78, 5) is 25.9. The second-order valence-electron chi connectivity index (χ2n) is 12.4. The molecule has 2 N–H and O–H groups in total. The minimum atomic E-state index is -0.181. The minimum Gasteiger partial charge on any atom is -0.350 e. The van der Waals surface area contributed by atoms with Gasteiger partial charge in [-0.1, -0.05) is 0 Å². The molecule has 5 nitrogen and oxygen atoms in total. The van der Waals surface area contributed by atoms with Crippen LogP contribution in [0.3, 0.4) is 0 Å². The lowest BCUT2D eigenvalue weighted by Crippen LogP contribution is -2.60. The topological polar surface area (TPSA) is 70.6 Å². The Kier molecular flexibility index (Phi) is 4.38. The first kappa shape index (κ1) is 19.3. The van der Waals surface area contributed by atoms with Crippen LogP contribution in [0.5, 0.6) is 0 Å². The van der Waals surface area contributed by atoms with Gasteiger partial charge >= 0.3 is 0 Å². The van der Waals surface area contributed by atoms with Gasteiger partial charge in [-0.2, -0.15) is 5.10 Å². The highest BCUT2D eigenvalue weighted by Crippen LogP contribution is 2.60. The number of amides is 2. The Morgan fingerprint density at radius 2 is 1.20 bits per heavy atom. The fourth-order valence-electron chi connectivity index (χ4n) is 9.53. The van der Waals surface area contributed by atoms with Crippen LogP contribution in [0, 0.1) is 40.9 Å². The Labute approximate surface area is 180 Å². The van der Waals surface area contributed by atoms with Crippen molar-refractivity contribution in [3.8, 4) is 0 Å². The number of carbonyl (C=O) groups excluding carboxylic acids is 2. The first-order valence-electron chi connectivity index (χ1n) is 12.5. The Morgan fingerprint density at radius 1 is 0.767 bits per heavy atom. The van der Waals surface area contributed by atoms with Gasteiger partial charge in [-0.15, -0.1) is 0 Å². The van der Waals surface area contributed by atoms with Crippen molar-refractivity contribution in [2.75, 3.05) is 0 Å². The molecule has 0 unspecified atom stereocenters. The van der Waals surface area contributed by atoms with Gasteiger partial charge in [-0.05, 0) is 119 Å². The smallest absolute Gasteiger partial charge is 0.246 e. The van der Waals surface area contributed by atoms with Crippen molar-refractivity contribution in [3.05, 3.63) is 0 Å². The van der Waals surface area contributed by atoms with Crippen LogP contribution >= 0.6 is 0 Å². The van der Waals surface area contributed by atoms with Crippen molar-refractivity contribution >= 4 is 17.5 Å². The lowest BCUT2D eigenvalue weighted by Gasteiger charge is -2.56. The maximum atomic E-state index is 13.1. The monoisotopic (exact) mass is 411 g/mol. The molecule has 30 heavy (non-hydrogen) atoms. The van der Waals surface area contributed by atoms with Crippen LogP contribution in [0.2, 0.25) is 0 Å². The molecule has 164 valence electrons. The van der Waals surface area contributed by atoms with E-state index in [1.807, 2.05) is 6.92 Å². The maximum Gasteiger partial charge on any atom is 0.246 e. The van der Waals surface area contributed by atoms with Gasteiger partial charge in [0.15, 0.2) is 0 Å². The lowest BCUT2D eigenvalue weighted by molar-refractivity contribution is -0.146. The summed E-state index contributed by atoms with van der Waals surface area (Å²) in [7, 11) is 0. The molecule has 5 heteroatoms. The number of nitrogens with zero attached hydrogens (tertiary/aromatic N) is 1. The molecular formula is C25H37N3O2. The van der Waals surface area contributed by atoms with Crippen molar-refractivity contribution in [2.24, 2.45) is 46.0 Å². The molecule has 0 heterocycles. The normalized spacial score (nSPS) is 48.1. The molecule has 8 aliphatic carbocycles. The van der Waals surface area contributed by atoms with Crippen LogP contribution in [-0.4, -0.2) is 23.1 Å². The van der Waals surface area contributed by atoms with Crippen molar-refractivity contribution < 1.29 is 9.59 Å². The SMILES string of the molecule is C/C(CC(=O)NC12CC3CC(CC(C3)C1)C2)=N/NC(=O)C12CC3CC(CC(C3)C1)C2. The molecule has 8 rings (SSSR count). The van der Waals surface area contributed by atoms with Gasteiger partial charge in [0.2, 0.25) is 11.8 Å². The highest BCUT2D eigenvalue weighted by Gasteiger charge is 2.55. The molecule has 0 atom stereocenters. The summed E-state index contributed by atoms with van der Waals surface area (Å²) in [6.45, 7) is 1.87. The average Bonchev–Trinajstić information content (AvgIpc) is 2.63. The van der Waals surface area contributed by atoms with Crippen molar-refractivity contribution in [1.29, 1.82) is 0 Å². The van der Waals surface area contributed by atoms with E-state index < -0.39 is 0 Å². The quantitative estimate of drug-likeness (QED) is 0.526. The van der Waals surface area contributed by atoms with E-state index in [4.69, 9.17) is 0 Å². The molecule has 8 aliphatic rings. The van der Waals surface area contributed by atoms with Crippen molar-refractivity contribution in [3.63, 3.8) is 0 Å². The van der Waals surface area contributed by atoms with Gasteiger partial charge < -0.3 is 5.32 Å². The van der Waals surface area contributed by atoms with Crippen LogP contribution in [-0.2, 0) is 9.59 Å². The van der Waals surface area contributed by atoms with E-state index in [9.17, 15) is 9.59 Å². The molecule has 0 aliphatic heterocycles. The third-order valence-corrected chi connectivity index (χ3v) is 9.73. The number of nitrogens with one attached hydrogen (secondary N) is 2. The third-order valence-electron chi connectivity index (χ3n) is 9.73. The molecule has 0 aromatic rings. The molecule has 0 radical (unpaired) electrons. The average molecular weight is 412 g/mol. The van der Waals surface area contributed by atoms with Gasteiger partial charge in [-0.3, -0.25) is 9.59 Å². The Balaban J connectivity index is 1.05. The number of hydrogen-bond donors (Lipinski definition) is 2. The summed E-state index contributed by atoms with van der Waals surface area (Å²) in [5, 5.41) is 7.79. The second kappa shape index (κ2) is 6.80. The zero-order valence-electron chi connectivity index (χ0n) is 18.4. The van der Waals surface area contributed by atoms with Crippen LogP contribution in [0.4, 0.5) is 0 Å². The predicted octanol–water partition coefficient (Wildman–Crippen LogP) is 4.17. The molecular weight excluding hydrogens is 374 g/mol. The fourth-order valence-corrected chi connectivity index (χ4v) is 9.53. The number of hydrazone groups is 1. The fraction of sp³-hybridized carbons (Fsp3) is 0.880. The van der Waals surface area contributed by atoms with E-state index in [0.717, 1.165) is 60.5 Å². The van der Waals surface area contributed by atoms with Crippen LogP contribution < -0.4 is 10.7 Å². The predicted molar refractivity (Wildman–Crippen MR) is 116 cm³/mol. The molecule has 0 saturated heterocycles. The Hall–Kier alpha value is -1.39.